The molecule has 0 saturated carbocycles. The van der Waals surface area contributed by atoms with E-state index in [1.165, 1.54) is 0 Å². The third-order valence-electron chi connectivity index (χ3n) is 3.01. The lowest BCUT2D eigenvalue weighted by molar-refractivity contribution is -0.235. The zero-order valence-electron chi connectivity index (χ0n) is 11.7. The van der Waals surface area contributed by atoms with Crippen molar-refractivity contribution in [2.45, 2.75) is 54.1 Å². The van der Waals surface area contributed by atoms with Crippen molar-refractivity contribution < 1.29 is 17.6 Å². The summed E-state index contributed by atoms with van der Waals surface area (Å²) in [6.45, 7) is 3.99. The molecular weight excluding hydrogens is 312 g/mol. The van der Waals surface area contributed by atoms with Crippen LogP contribution in [-0.2, 0) is 0 Å². The van der Waals surface area contributed by atoms with Gasteiger partial charge >= 0.3 is 11.8 Å². The predicted molar refractivity (Wildman–Crippen MR) is 76.2 cm³/mol. The minimum atomic E-state index is -4.34. The quantitative estimate of drug-likeness (QED) is 0.371. The van der Waals surface area contributed by atoms with Crippen molar-refractivity contribution in [1.82, 2.24) is 0 Å². The Hall–Kier alpha value is -0.420. The largest absolute Gasteiger partial charge is 0.329 e. The number of halogens is 5. The summed E-state index contributed by atoms with van der Waals surface area (Å²) in [7, 11) is 0. The molecule has 20 heavy (non-hydrogen) atoms. The second kappa shape index (κ2) is 5.41. The Kier molecular flexibility index (Phi) is 4.77. The normalized spacial score (nSPS) is 14.4. The lowest BCUT2D eigenvalue weighted by atomic mass is 9.90. The van der Waals surface area contributed by atoms with Gasteiger partial charge in [-0.15, -0.1) is 23.4 Å². The number of alkyl halides is 5. The van der Waals surface area contributed by atoms with Gasteiger partial charge in [-0.05, 0) is 39.8 Å². The van der Waals surface area contributed by atoms with E-state index in [-0.39, 0.29) is 0 Å². The van der Waals surface area contributed by atoms with Gasteiger partial charge in [0.05, 0.1) is 4.75 Å². The molecule has 0 nitrogen and oxygen atoms in total. The summed E-state index contributed by atoms with van der Waals surface area (Å²) in [4.78, 5) is -1.84. The molecule has 0 amide bonds. The van der Waals surface area contributed by atoms with Gasteiger partial charge in [0.15, 0.2) is 0 Å². The van der Waals surface area contributed by atoms with Crippen LogP contribution in [0.2, 0.25) is 0 Å². The molecule has 0 aliphatic heterocycles. The average molecular weight is 329 g/mol. The Balaban J connectivity index is 3.12. The number of hydrogen-bond acceptors (Lipinski definition) is 1. The number of hydrogen-bond donors (Lipinski definition) is 0. The Bertz CT molecular complexity index is 452. The minimum Gasteiger partial charge on any atom is -0.198 e. The zero-order valence-corrected chi connectivity index (χ0v) is 13.3. The fraction of sp³-hybridized carbons (Fsp3) is 0.571. The van der Waals surface area contributed by atoms with Crippen LogP contribution >= 0.6 is 23.4 Å². The predicted octanol–water partition coefficient (Wildman–Crippen LogP) is 5.85. The first kappa shape index (κ1) is 17.6. The lowest BCUT2D eigenvalue weighted by Gasteiger charge is -2.42. The number of thioether (sulfide) groups is 1. The van der Waals surface area contributed by atoms with Crippen LogP contribution in [0.4, 0.5) is 17.6 Å². The van der Waals surface area contributed by atoms with Gasteiger partial charge in [0.25, 0.3) is 0 Å². The zero-order chi connectivity index (χ0) is 15.8. The highest BCUT2D eigenvalue weighted by molar-refractivity contribution is 8.00. The van der Waals surface area contributed by atoms with Crippen LogP contribution in [0.1, 0.15) is 27.7 Å². The molecule has 0 atom stereocenters. The lowest BCUT2D eigenvalue weighted by Crippen LogP contribution is -2.61. The smallest absolute Gasteiger partial charge is 0.198 e. The summed E-state index contributed by atoms with van der Waals surface area (Å²) in [5.74, 6) is -8.61. The van der Waals surface area contributed by atoms with E-state index >= 15 is 0 Å². The van der Waals surface area contributed by atoms with Crippen molar-refractivity contribution in [3.63, 3.8) is 0 Å². The molecular formula is C14H17ClF4S. The molecule has 0 heterocycles. The summed E-state index contributed by atoms with van der Waals surface area (Å²) >= 11 is 6.19. The number of rotatable bonds is 5. The average Bonchev–Trinajstić information content (AvgIpc) is 2.27. The first-order chi connectivity index (χ1) is 8.83. The van der Waals surface area contributed by atoms with Gasteiger partial charge in [-0.3, -0.25) is 0 Å². The van der Waals surface area contributed by atoms with Gasteiger partial charge in [-0.2, -0.15) is 17.6 Å². The summed E-state index contributed by atoms with van der Waals surface area (Å²) in [5.41, 5.74) is 0. The van der Waals surface area contributed by atoms with Gasteiger partial charge in [0.1, 0.15) is 4.87 Å². The second-order valence-corrected chi connectivity index (χ2v) is 8.19. The topological polar surface area (TPSA) is 0 Å². The molecule has 0 unspecified atom stereocenters. The Labute approximate surface area is 125 Å². The van der Waals surface area contributed by atoms with Crippen LogP contribution in [0.3, 0.4) is 0 Å². The van der Waals surface area contributed by atoms with Crippen molar-refractivity contribution >= 4 is 23.4 Å². The highest BCUT2D eigenvalue weighted by atomic mass is 35.5. The van der Waals surface area contributed by atoms with Crippen LogP contribution in [-0.4, -0.2) is 21.5 Å². The molecule has 1 rings (SSSR count). The van der Waals surface area contributed by atoms with E-state index in [1.807, 2.05) is 0 Å². The fourth-order valence-corrected chi connectivity index (χ4v) is 2.86. The molecule has 1 aromatic rings. The van der Waals surface area contributed by atoms with Gasteiger partial charge in [0, 0.05) is 4.90 Å². The molecule has 0 radical (unpaired) electrons. The second-order valence-electron chi connectivity index (χ2n) is 5.55. The molecule has 0 spiro atoms. The molecule has 0 aliphatic rings. The SMILES string of the molecule is CC(C)(Cl)C(F)(F)C(F)(F)C(C)(C)Sc1ccccc1. The number of benzene rings is 1. The first-order valence-electron chi connectivity index (χ1n) is 6.01. The van der Waals surface area contributed by atoms with Crippen LogP contribution in [0.5, 0.6) is 0 Å². The summed E-state index contributed by atoms with van der Waals surface area (Å²) in [5, 5.41) is 0. The van der Waals surface area contributed by atoms with Crippen molar-refractivity contribution in [2.75, 3.05) is 0 Å². The third kappa shape index (κ3) is 3.08. The van der Waals surface area contributed by atoms with Crippen LogP contribution in [0.15, 0.2) is 35.2 Å². The molecule has 0 fully saturated rings. The van der Waals surface area contributed by atoms with Crippen molar-refractivity contribution in [2.24, 2.45) is 0 Å². The van der Waals surface area contributed by atoms with Crippen molar-refractivity contribution in [3.05, 3.63) is 30.3 Å². The van der Waals surface area contributed by atoms with Crippen LogP contribution in [0, 0.1) is 0 Å². The van der Waals surface area contributed by atoms with E-state index in [0.717, 1.165) is 27.7 Å². The van der Waals surface area contributed by atoms with E-state index in [1.54, 1.807) is 30.3 Å². The maximum absolute atomic E-state index is 14.3. The summed E-state index contributed by atoms with van der Waals surface area (Å²) in [6.07, 6.45) is 0. The third-order valence-corrected chi connectivity index (χ3v) is 4.53. The molecule has 0 aliphatic carbocycles. The monoisotopic (exact) mass is 328 g/mol. The molecule has 0 bridgehead atoms. The maximum Gasteiger partial charge on any atom is 0.329 e. The summed E-state index contributed by atoms with van der Waals surface area (Å²) < 4.78 is 54.6. The van der Waals surface area contributed by atoms with Gasteiger partial charge in [-0.25, -0.2) is 0 Å². The maximum atomic E-state index is 14.3. The van der Waals surface area contributed by atoms with Crippen molar-refractivity contribution in [1.29, 1.82) is 0 Å². The van der Waals surface area contributed by atoms with Crippen LogP contribution in [0.25, 0.3) is 0 Å². The van der Waals surface area contributed by atoms with Gasteiger partial charge < -0.3 is 0 Å². The van der Waals surface area contributed by atoms with E-state index in [0.29, 0.717) is 16.7 Å². The Morgan fingerprint density at radius 1 is 0.850 bits per heavy atom. The van der Waals surface area contributed by atoms with E-state index in [4.69, 9.17) is 11.6 Å². The highest BCUT2D eigenvalue weighted by Crippen LogP contribution is 2.55. The minimum absolute atomic E-state index is 0.500. The van der Waals surface area contributed by atoms with Crippen LogP contribution < -0.4 is 0 Å². The standard InChI is InChI=1S/C14H17ClF4S/c1-11(2,15)13(16,17)14(18,19)12(3,4)20-10-8-6-5-7-9-10/h5-9H,1-4H3. The van der Waals surface area contributed by atoms with Crippen molar-refractivity contribution in [3.8, 4) is 0 Å². The molecule has 1 aromatic carbocycles. The van der Waals surface area contributed by atoms with E-state index in [2.05, 4.69) is 0 Å². The van der Waals surface area contributed by atoms with E-state index in [9.17, 15) is 17.6 Å². The Morgan fingerprint density at radius 3 is 1.70 bits per heavy atom. The molecule has 114 valence electrons. The first-order valence-corrected chi connectivity index (χ1v) is 7.21. The molecule has 6 heteroatoms. The Morgan fingerprint density at radius 2 is 1.30 bits per heavy atom. The van der Waals surface area contributed by atoms with E-state index < -0.39 is 21.5 Å². The summed E-state index contributed by atoms with van der Waals surface area (Å²) in [6, 6.07) is 8.27. The van der Waals surface area contributed by atoms with Gasteiger partial charge in [0.2, 0.25) is 0 Å². The molecule has 0 N–H and O–H groups in total. The highest BCUT2D eigenvalue weighted by Gasteiger charge is 2.70. The molecule has 0 aromatic heterocycles. The van der Waals surface area contributed by atoms with Gasteiger partial charge in [-0.1, -0.05) is 18.2 Å². The molecule has 0 saturated heterocycles. The fourth-order valence-electron chi connectivity index (χ4n) is 1.60.